The van der Waals surface area contributed by atoms with E-state index in [1.54, 1.807) is 18.2 Å². The molecule has 3 aromatic carbocycles. The number of halogens is 1. The fraction of sp³-hybridized carbons (Fsp3) is 0.152. The van der Waals surface area contributed by atoms with Crippen molar-refractivity contribution < 1.29 is 26.8 Å². The van der Waals surface area contributed by atoms with Crippen molar-refractivity contribution in [1.82, 2.24) is 14.9 Å². The van der Waals surface area contributed by atoms with E-state index in [0.717, 1.165) is 32.7 Å². The van der Waals surface area contributed by atoms with E-state index in [0.29, 0.717) is 46.1 Å². The van der Waals surface area contributed by atoms with Gasteiger partial charge in [0.25, 0.3) is 5.91 Å². The van der Waals surface area contributed by atoms with E-state index in [4.69, 9.17) is 14.1 Å². The number of pyridine rings is 1. The summed E-state index contributed by atoms with van der Waals surface area (Å²) in [5.74, 6) is -0.00362. The highest BCUT2D eigenvalue weighted by Crippen LogP contribution is 2.43. The number of benzene rings is 3. The molecule has 0 spiro atoms. The number of aromatic nitrogens is 2. The van der Waals surface area contributed by atoms with Crippen molar-refractivity contribution in [3.05, 3.63) is 89.7 Å². The van der Waals surface area contributed by atoms with Crippen LogP contribution in [0.4, 0.5) is 10.1 Å². The Hall–Kier alpha value is -5.16. The maximum Gasteiger partial charge on any atom is 0.255 e. The molecule has 1 N–H and O–H groups in total. The lowest BCUT2D eigenvalue weighted by Gasteiger charge is -2.23. The van der Waals surface area contributed by atoms with Crippen molar-refractivity contribution in [2.75, 3.05) is 24.7 Å². The maximum atomic E-state index is 13.7. The first-order valence-electron chi connectivity index (χ1n) is 13.8. The van der Waals surface area contributed by atoms with E-state index in [-0.39, 0.29) is 16.9 Å². The third-order valence-corrected chi connectivity index (χ3v) is 9.18. The van der Waals surface area contributed by atoms with Crippen molar-refractivity contribution in [1.29, 1.82) is 0 Å². The van der Waals surface area contributed by atoms with Crippen molar-refractivity contribution >= 4 is 43.5 Å². The Morgan fingerprint density at radius 3 is 2.55 bits per heavy atom. The predicted molar refractivity (Wildman–Crippen MR) is 168 cm³/mol. The first-order chi connectivity index (χ1) is 21.0. The SMILES string of the molecule is CNC(=O)c1c(-c2ccc(F)cc2)oc2cc(N(C)S(C)(=O)=O)c(-c3ccc4c(n3)-c3cc5ccc(C)cc5n3CO4)cc12. The van der Waals surface area contributed by atoms with Gasteiger partial charge in [0.2, 0.25) is 10.0 Å². The molecular formula is C33H27FN4O5S. The molecule has 0 atom stereocenters. The smallest absolute Gasteiger partial charge is 0.255 e. The summed E-state index contributed by atoms with van der Waals surface area (Å²) < 4.78 is 54.8. The normalized spacial score (nSPS) is 12.6. The van der Waals surface area contributed by atoms with Crippen LogP contribution in [0.25, 0.3) is 55.8 Å². The molecule has 0 saturated heterocycles. The second kappa shape index (κ2) is 9.95. The number of nitrogens with zero attached hydrogens (tertiary/aromatic N) is 3. The van der Waals surface area contributed by atoms with Crippen LogP contribution in [0.2, 0.25) is 0 Å². The van der Waals surface area contributed by atoms with Crippen LogP contribution in [0.5, 0.6) is 5.75 Å². The highest BCUT2D eigenvalue weighted by molar-refractivity contribution is 7.92. The van der Waals surface area contributed by atoms with Gasteiger partial charge in [-0.1, -0.05) is 12.1 Å². The van der Waals surface area contributed by atoms with E-state index in [2.05, 4.69) is 34.1 Å². The molecule has 7 rings (SSSR count). The number of aryl methyl sites for hydroxylation is 1. The zero-order valence-electron chi connectivity index (χ0n) is 24.3. The Balaban J connectivity index is 1.49. The third-order valence-electron chi connectivity index (χ3n) is 7.99. The molecule has 11 heteroatoms. The number of furan rings is 1. The Morgan fingerprint density at radius 1 is 1.05 bits per heavy atom. The van der Waals surface area contributed by atoms with Gasteiger partial charge in [-0.05, 0) is 67.1 Å². The number of hydrogen-bond acceptors (Lipinski definition) is 6. The highest BCUT2D eigenvalue weighted by atomic mass is 32.2. The lowest BCUT2D eigenvalue weighted by molar-refractivity contribution is 0.0964. The number of carbonyl (C=O) groups is 1. The Labute approximate surface area is 252 Å². The summed E-state index contributed by atoms with van der Waals surface area (Å²) in [7, 11) is -0.752. The summed E-state index contributed by atoms with van der Waals surface area (Å²) in [4.78, 5) is 18.2. The van der Waals surface area contributed by atoms with Gasteiger partial charge in [0.1, 0.15) is 28.6 Å². The monoisotopic (exact) mass is 610 g/mol. The van der Waals surface area contributed by atoms with Crippen molar-refractivity contribution in [2.24, 2.45) is 0 Å². The fourth-order valence-electron chi connectivity index (χ4n) is 5.66. The van der Waals surface area contributed by atoms with Crippen molar-refractivity contribution in [3.8, 4) is 39.7 Å². The molecule has 0 unspecified atom stereocenters. The van der Waals surface area contributed by atoms with Gasteiger partial charge in [0.05, 0.1) is 34.4 Å². The predicted octanol–water partition coefficient (Wildman–Crippen LogP) is 6.34. The number of anilines is 1. The molecule has 1 aliphatic rings. The Kier molecular flexibility index (Phi) is 6.26. The van der Waals surface area contributed by atoms with E-state index in [1.807, 2.05) is 13.0 Å². The number of hydrogen-bond donors (Lipinski definition) is 1. The topological polar surface area (TPSA) is 107 Å². The summed E-state index contributed by atoms with van der Waals surface area (Å²) in [5.41, 5.74) is 5.90. The minimum Gasteiger partial charge on any atom is -0.470 e. The number of fused-ring (bicyclic) bond motifs is 6. The number of sulfonamides is 1. The number of amides is 1. The second-order valence-corrected chi connectivity index (χ2v) is 12.8. The van der Waals surface area contributed by atoms with Crippen LogP contribution in [-0.4, -0.2) is 44.2 Å². The van der Waals surface area contributed by atoms with Crippen molar-refractivity contribution in [3.63, 3.8) is 0 Å². The van der Waals surface area contributed by atoms with Gasteiger partial charge >= 0.3 is 0 Å². The summed E-state index contributed by atoms with van der Waals surface area (Å²) in [6.45, 7) is 2.37. The van der Waals surface area contributed by atoms with Crippen LogP contribution in [0.1, 0.15) is 15.9 Å². The molecule has 0 bridgehead atoms. The van der Waals surface area contributed by atoms with Crippen LogP contribution in [0, 0.1) is 12.7 Å². The highest BCUT2D eigenvalue weighted by Gasteiger charge is 2.28. The molecule has 222 valence electrons. The molecule has 1 aliphatic heterocycles. The minimum absolute atomic E-state index is 0.232. The molecule has 1 amide bonds. The summed E-state index contributed by atoms with van der Waals surface area (Å²) in [6.07, 6.45) is 1.11. The molecule has 0 aliphatic carbocycles. The molecule has 9 nitrogen and oxygen atoms in total. The zero-order valence-corrected chi connectivity index (χ0v) is 25.1. The largest absolute Gasteiger partial charge is 0.470 e. The van der Waals surface area contributed by atoms with Gasteiger partial charge in [-0.3, -0.25) is 9.10 Å². The molecule has 0 saturated carbocycles. The van der Waals surface area contributed by atoms with Gasteiger partial charge in [-0.15, -0.1) is 0 Å². The minimum atomic E-state index is -3.71. The molecule has 4 heterocycles. The van der Waals surface area contributed by atoms with Gasteiger partial charge in [-0.25, -0.2) is 17.8 Å². The van der Waals surface area contributed by atoms with Gasteiger partial charge in [0.15, 0.2) is 6.73 Å². The maximum absolute atomic E-state index is 13.7. The average molecular weight is 611 g/mol. The molecule has 0 radical (unpaired) electrons. The Bertz CT molecular complexity index is 2250. The third kappa shape index (κ3) is 4.39. The number of carbonyl (C=O) groups excluding carboxylic acids is 1. The number of rotatable bonds is 5. The molecule has 0 fully saturated rings. The summed E-state index contributed by atoms with van der Waals surface area (Å²) >= 11 is 0. The van der Waals surface area contributed by atoms with Crippen LogP contribution in [-0.2, 0) is 16.8 Å². The van der Waals surface area contributed by atoms with Gasteiger partial charge in [-0.2, -0.15) is 0 Å². The summed E-state index contributed by atoms with van der Waals surface area (Å²) in [6, 6.07) is 20.8. The zero-order chi connectivity index (χ0) is 30.9. The summed E-state index contributed by atoms with van der Waals surface area (Å²) in [5, 5.41) is 4.16. The van der Waals surface area contributed by atoms with E-state index in [1.165, 1.54) is 38.4 Å². The Morgan fingerprint density at radius 2 is 1.82 bits per heavy atom. The molecular weight excluding hydrogens is 583 g/mol. The molecule has 44 heavy (non-hydrogen) atoms. The standard InChI is InChI=1S/C33H27FN4O5S/c1-18-5-6-20-14-27-31-28(42-17-38(27)25(20)13-18)12-11-24(36-31)22-15-23-29(16-26(22)37(3)44(4,40)41)43-32(30(23)33(39)35-2)19-7-9-21(34)10-8-19/h5-16H,17H2,1-4H3,(H,35,39). The molecule has 6 aromatic rings. The second-order valence-electron chi connectivity index (χ2n) is 10.8. The van der Waals surface area contributed by atoms with E-state index < -0.39 is 21.7 Å². The van der Waals surface area contributed by atoms with Gasteiger partial charge < -0.3 is 19.0 Å². The van der Waals surface area contributed by atoms with Crippen LogP contribution >= 0.6 is 0 Å². The van der Waals surface area contributed by atoms with E-state index >= 15 is 0 Å². The lowest BCUT2D eigenvalue weighted by atomic mass is 10.0. The first-order valence-corrected chi connectivity index (χ1v) is 15.7. The van der Waals surface area contributed by atoms with Crippen LogP contribution in [0.15, 0.2) is 77.2 Å². The average Bonchev–Trinajstić information content (AvgIpc) is 3.57. The van der Waals surface area contributed by atoms with Gasteiger partial charge in [0, 0.05) is 42.1 Å². The lowest BCUT2D eigenvalue weighted by Crippen LogP contribution is -2.25. The number of ether oxygens (including phenoxy) is 1. The van der Waals surface area contributed by atoms with E-state index in [9.17, 15) is 17.6 Å². The molecule has 3 aromatic heterocycles. The fourth-order valence-corrected chi connectivity index (χ4v) is 6.17. The van der Waals surface area contributed by atoms with Crippen molar-refractivity contribution in [2.45, 2.75) is 13.7 Å². The first kappa shape index (κ1) is 27.7. The van der Waals surface area contributed by atoms with Crippen LogP contribution in [0.3, 0.4) is 0 Å². The number of nitrogens with one attached hydrogen (secondary N) is 1. The quantitative estimate of drug-likeness (QED) is 0.244. The van der Waals surface area contributed by atoms with Crippen LogP contribution < -0.4 is 14.4 Å².